The fourth-order valence-electron chi connectivity index (χ4n) is 3.38. The van der Waals surface area contributed by atoms with Gasteiger partial charge in [-0.1, -0.05) is 12.1 Å². The SMILES string of the molecule is CCNC(=NCc1cccc(C(=O)NC)c1)N1CCN(c2ccc(F)cc2)CC1.I. The molecule has 1 amide bonds. The summed E-state index contributed by atoms with van der Waals surface area (Å²) in [6, 6.07) is 14.2. The normalized spacial score (nSPS) is 14.2. The van der Waals surface area contributed by atoms with Gasteiger partial charge in [0.1, 0.15) is 5.82 Å². The zero-order chi connectivity index (χ0) is 20.6. The molecule has 0 unspecified atom stereocenters. The summed E-state index contributed by atoms with van der Waals surface area (Å²) in [6.45, 7) is 6.71. The highest BCUT2D eigenvalue weighted by atomic mass is 127. The van der Waals surface area contributed by atoms with Crippen LogP contribution in [-0.4, -0.2) is 56.5 Å². The standard InChI is InChI=1S/C22H28FN5O.HI/c1-3-25-22(26-16-17-5-4-6-18(15-17)21(29)24-2)28-13-11-27(12-14-28)20-9-7-19(23)8-10-20;/h4-10,15H,3,11-14,16H2,1-2H3,(H,24,29)(H,25,26);1H. The highest BCUT2D eigenvalue weighted by Crippen LogP contribution is 2.17. The molecule has 0 aromatic heterocycles. The Bertz CT molecular complexity index is 851. The van der Waals surface area contributed by atoms with Crippen molar-refractivity contribution in [3.05, 3.63) is 65.5 Å². The molecule has 2 aromatic rings. The van der Waals surface area contributed by atoms with E-state index in [9.17, 15) is 9.18 Å². The number of rotatable bonds is 5. The second-order valence-electron chi connectivity index (χ2n) is 6.90. The minimum absolute atomic E-state index is 0. The minimum Gasteiger partial charge on any atom is -0.368 e. The molecule has 3 rings (SSSR count). The largest absolute Gasteiger partial charge is 0.368 e. The number of nitrogens with zero attached hydrogens (tertiary/aromatic N) is 3. The van der Waals surface area contributed by atoms with E-state index in [0.717, 1.165) is 49.9 Å². The number of nitrogens with one attached hydrogen (secondary N) is 2. The van der Waals surface area contributed by atoms with Gasteiger partial charge in [-0.2, -0.15) is 0 Å². The van der Waals surface area contributed by atoms with Crippen molar-refractivity contribution in [3.8, 4) is 0 Å². The zero-order valence-corrected chi connectivity index (χ0v) is 19.7. The summed E-state index contributed by atoms with van der Waals surface area (Å²) in [4.78, 5) is 21.1. The Morgan fingerprint density at radius 3 is 2.43 bits per heavy atom. The molecule has 2 aromatic carbocycles. The van der Waals surface area contributed by atoms with Crippen molar-refractivity contribution in [2.24, 2.45) is 4.99 Å². The van der Waals surface area contributed by atoms with Crippen molar-refractivity contribution >= 4 is 41.5 Å². The minimum atomic E-state index is -0.213. The van der Waals surface area contributed by atoms with Crippen LogP contribution in [0.3, 0.4) is 0 Å². The van der Waals surface area contributed by atoms with Crippen LogP contribution in [0, 0.1) is 5.82 Å². The first-order valence-electron chi connectivity index (χ1n) is 9.95. The highest BCUT2D eigenvalue weighted by Gasteiger charge is 2.20. The van der Waals surface area contributed by atoms with E-state index < -0.39 is 0 Å². The highest BCUT2D eigenvalue weighted by molar-refractivity contribution is 14.0. The van der Waals surface area contributed by atoms with Crippen molar-refractivity contribution in [3.63, 3.8) is 0 Å². The molecule has 1 saturated heterocycles. The van der Waals surface area contributed by atoms with Crippen LogP contribution in [0.4, 0.5) is 10.1 Å². The van der Waals surface area contributed by atoms with Crippen LogP contribution in [0.25, 0.3) is 0 Å². The third kappa shape index (κ3) is 6.32. The van der Waals surface area contributed by atoms with Gasteiger partial charge in [0, 0.05) is 51.0 Å². The Hall–Kier alpha value is -2.36. The number of benzene rings is 2. The smallest absolute Gasteiger partial charge is 0.251 e. The number of amides is 1. The van der Waals surface area contributed by atoms with Gasteiger partial charge < -0.3 is 20.4 Å². The monoisotopic (exact) mass is 525 g/mol. The number of hydrogen-bond acceptors (Lipinski definition) is 3. The van der Waals surface area contributed by atoms with Crippen LogP contribution in [0.15, 0.2) is 53.5 Å². The molecule has 1 aliphatic heterocycles. The fraction of sp³-hybridized carbons (Fsp3) is 0.364. The lowest BCUT2D eigenvalue weighted by Gasteiger charge is -2.37. The van der Waals surface area contributed by atoms with Gasteiger partial charge in [0.15, 0.2) is 5.96 Å². The molecule has 0 aliphatic carbocycles. The average molecular weight is 525 g/mol. The number of halogens is 2. The van der Waals surface area contributed by atoms with E-state index in [-0.39, 0.29) is 35.7 Å². The van der Waals surface area contributed by atoms with Crippen LogP contribution in [0.1, 0.15) is 22.8 Å². The summed E-state index contributed by atoms with van der Waals surface area (Å²) in [6.07, 6.45) is 0. The molecular formula is C22H29FIN5O. The lowest BCUT2D eigenvalue weighted by atomic mass is 10.1. The first-order chi connectivity index (χ1) is 14.1. The maximum atomic E-state index is 13.1. The van der Waals surface area contributed by atoms with Gasteiger partial charge in [-0.05, 0) is 48.9 Å². The van der Waals surface area contributed by atoms with Crippen molar-refractivity contribution in [2.75, 3.05) is 44.7 Å². The van der Waals surface area contributed by atoms with Gasteiger partial charge in [-0.3, -0.25) is 4.79 Å². The molecule has 0 bridgehead atoms. The molecule has 162 valence electrons. The number of carbonyl (C=O) groups is 1. The second-order valence-corrected chi connectivity index (χ2v) is 6.90. The molecule has 30 heavy (non-hydrogen) atoms. The quantitative estimate of drug-likeness (QED) is 0.358. The summed E-state index contributed by atoms with van der Waals surface area (Å²) < 4.78 is 13.1. The van der Waals surface area contributed by atoms with Gasteiger partial charge in [-0.15, -0.1) is 24.0 Å². The van der Waals surface area contributed by atoms with E-state index >= 15 is 0 Å². The van der Waals surface area contributed by atoms with Crippen LogP contribution in [0.5, 0.6) is 0 Å². The van der Waals surface area contributed by atoms with E-state index in [1.54, 1.807) is 13.1 Å². The lowest BCUT2D eigenvalue weighted by molar-refractivity contribution is 0.0963. The molecular weight excluding hydrogens is 496 g/mol. The molecule has 0 radical (unpaired) electrons. The average Bonchev–Trinajstić information content (AvgIpc) is 2.77. The fourth-order valence-corrected chi connectivity index (χ4v) is 3.38. The molecule has 0 atom stereocenters. The number of carbonyl (C=O) groups excluding carboxylic acids is 1. The number of hydrogen-bond donors (Lipinski definition) is 2. The van der Waals surface area contributed by atoms with E-state index in [1.165, 1.54) is 12.1 Å². The van der Waals surface area contributed by atoms with Crippen LogP contribution < -0.4 is 15.5 Å². The molecule has 2 N–H and O–H groups in total. The van der Waals surface area contributed by atoms with Crippen molar-refractivity contribution in [1.82, 2.24) is 15.5 Å². The Balaban J connectivity index is 0.00000320. The second kappa shape index (κ2) is 11.7. The lowest BCUT2D eigenvalue weighted by Crippen LogP contribution is -2.52. The summed E-state index contributed by atoms with van der Waals surface area (Å²) in [5, 5.41) is 6.01. The Morgan fingerprint density at radius 2 is 1.80 bits per heavy atom. The van der Waals surface area contributed by atoms with Crippen molar-refractivity contribution in [2.45, 2.75) is 13.5 Å². The molecule has 8 heteroatoms. The summed E-state index contributed by atoms with van der Waals surface area (Å²) >= 11 is 0. The predicted molar refractivity (Wildman–Crippen MR) is 130 cm³/mol. The molecule has 6 nitrogen and oxygen atoms in total. The summed E-state index contributed by atoms with van der Waals surface area (Å²) in [5.41, 5.74) is 2.67. The Labute approximate surface area is 194 Å². The number of guanidine groups is 1. The summed E-state index contributed by atoms with van der Waals surface area (Å²) in [7, 11) is 1.63. The van der Waals surface area contributed by atoms with E-state index in [4.69, 9.17) is 4.99 Å². The zero-order valence-electron chi connectivity index (χ0n) is 17.4. The van der Waals surface area contributed by atoms with Crippen molar-refractivity contribution < 1.29 is 9.18 Å². The number of anilines is 1. The van der Waals surface area contributed by atoms with Crippen molar-refractivity contribution in [1.29, 1.82) is 0 Å². The summed E-state index contributed by atoms with van der Waals surface area (Å²) in [5.74, 6) is 0.561. The molecule has 1 heterocycles. The van der Waals surface area contributed by atoms with Crippen LogP contribution >= 0.6 is 24.0 Å². The molecule has 0 spiro atoms. The third-order valence-corrected chi connectivity index (χ3v) is 4.93. The first kappa shape index (κ1) is 23.9. The van der Waals surface area contributed by atoms with Gasteiger partial charge in [-0.25, -0.2) is 9.38 Å². The van der Waals surface area contributed by atoms with Crippen LogP contribution in [0.2, 0.25) is 0 Å². The molecule has 0 saturated carbocycles. The maximum absolute atomic E-state index is 13.1. The number of piperazine rings is 1. The third-order valence-electron chi connectivity index (χ3n) is 4.93. The van der Waals surface area contributed by atoms with E-state index in [0.29, 0.717) is 12.1 Å². The predicted octanol–water partition coefficient (Wildman–Crippen LogP) is 3.09. The van der Waals surface area contributed by atoms with Crippen LogP contribution in [-0.2, 0) is 6.54 Å². The first-order valence-corrected chi connectivity index (χ1v) is 9.95. The Morgan fingerprint density at radius 1 is 1.10 bits per heavy atom. The Kier molecular flexibility index (Phi) is 9.35. The van der Waals surface area contributed by atoms with Gasteiger partial charge >= 0.3 is 0 Å². The topological polar surface area (TPSA) is 60.0 Å². The van der Waals surface area contributed by atoms with E-state index in [1.807, 2.05) is 30.3 Å². The molecule has 1 fully saturated rings. The van der Waals surface area contributed by atoms with E-state index in [2.05, 4.69) is 27.4 Å². The molecule has 1 aliphatic rings. The van der Waals surface area contributed by atoms with Gasteiger partial charge in [0.05, 0.1) is 6.54 Å². The van der Waals surface area contributed by atoms with Gasteiger partial charge in [0.2, 0.25) is 0 Å². The maximum Gasteiger partial charge on any atom is 0.251 e. The van der Waals surface area contributed by atoms with Gasteiger partial charge in [0.25, 0.3) is 5.91 Å². The number of aliphatic imine (C=N–C) groups is 1.